The zero-order chi connectivity index (χ0) is 29.4. The Morgan fingerprint density at radius 1 is 0.872 bits per heavy atom. The summed E-state index contributed by atoms with van der Waals surface area (Å²) in [5, 5.41) is 14.2. The highest BCUT2D eigenvalue weighted by atomic mass is 19.4. The van der Waals surface area contributed by atoms with Crippen LogP contribution >= 0.6 is 0 Å². The number of likely N-dealkylation sites (tertiary alicyclic amines) is 2. The van der Waals surface area contributed by atoms with E-state index in [1.807, 2.05) is 53.7 Å². The van der Waals surface area contributed by atoms with Gasteiger partial charge in [-0.2, -0.15) is 26.3 Å². The Morgan fingerprint density at radius 2 is 1.36 bits per heavy atom. The SMILES string of the molecule is COc1ccc(CN2C[C@@H]3CN(Cc4ccncc4)C[C@@H]3C2=O)cc1.O=C(O)C(F)(F)F.O=C(O)C(F)(F)F. The number of rotatable bonds is 5. The molecule has 0 aliphatic carbocycles. The number of ether oxygens (including phenoxy) is 1. The van der Waals surface area contributed by atoms with Crippen LogP contribution in [0.25, 0.3) is 0 Å². The number of benzene rings is 1. The van der Waals surface area contributed by atoms with Crippen LogP contribution in [0.5, 0.6) is 5.75 Å². The van der Waals surface area contributed by atoms with Crippen LogP contribution < -0.4 is 4.74 Å². The van der Waals surface area contributed by atoms with E-state index in [0.717, 1.165) is 37.5 Å². The van der Waals surface area contributed by atoms with Crippen LogP contribution in [0, 0.1) is 11.8 Å². The molecule has 1 aromatic heterocycles. The second-order valence-corrected chi connectivity index (χ2v) is 8.59. The van der Waals surface area contributed by atoms with Gasteiger partial charge in [-0.1, -0.05) is 12.1 Å². The number of carbonyl (C=O) groups is 3. The molecule has 0 bridgehead atoms. The average molecular weight is 565 g/mol. The number of fused-ring (bicyclic) bond motifs is 1. The maximum atomic E-state index is 12.8. The summed E-state index contributed by atoms with van der Waals surface area (Å²) in [7, 11) is 1.66. The lowest BCUT2D eigenvalue weighted by molar-refractivity contribution is -0.193. The lowest BCUT2D eigenvalue weighted by Gasteiger charge is -2.22. The van der Waals surface area contributed by atoms with Crippen molar-refractivity contribution in [3.63, 3.8) is 0 Å². The van der Waals surface area contributed by atoms with E-state index in [1.165, 1.54) is 5.56 Å². The molecule has 4 rings (SSSR count). The molecule has 0 radical (unpaired) electrons. The molecule has 0 unspecified atom stereocenters. The second kappa shape index (κ2) is 13.3. The minimum Gasteiger partial charge on any atom is -0.497 e. The van der Waals surface area contributed by atoms with Crippen LogP contribution in [0.15, 0.2) is 48.8 Å². The van der Waals surface area contributed by atoms with E-state index in [-0.39, 0.29) is 5.92 Å². The van der Waals surface area contributed by atoms with E-state index in [2.05, 4.69) is 9.88 Å². The smallest absolute Gasteiger partial charge is 0.490 e. The number of amides is 1. The predicted molar refractivity (Wildman–Crippen MR) is 122 cm³/mol. The number of methoxy groups -OCH3 is 1. The van der Waals surface area contributed by atoms with E-state index in [4.69, 9.17) is 24.5 Å². The summed E-state index contributed by atoms with van der Waals surface area (Å²) in [5.74, 6) is -3.76. The molecule has 2 aromatic rings. The second-order valence-electron chi connectivity index (χ2n) is 8.59. The van der Waals surface area contributed by atoms with Crippen molar-refractivity contribution in [1.82, 2.24) is 14.8 Å². The first kappa shape index (κ1) is 31.3. The Hall–Kier alpha value is -3.88. The molecular weight excluding hydrogens is 540 g/mol. The molecule has 2 aliphatic heterocycles. The first-order valence-corrected chi connectivity index (χ1v) is 11.2. The fourth-order valence-electron chi connectivity index (χ4n) is 4.00. The minimum atomic E-state index is -5.08. The molecule has 2 aliphatic rings. The van der Waals surface area contributed by atoms with Crippen molar-refractivity contribution in [2.45, 2.75) is 25.4 Å². The van der Waals surface area contributed by atoms with Crippen LogP contribution in [0.2, 0.25) is 0 Å². The quantitative estimate of drug-likeness (QED) is 0.530. The van der Waals surface area contributed by atoms with Gasteiger partial charge in [0.15, 0.2) is 0 Å². The monoisotopic (exact) mass is 565 g/mol. The minimum absolute atomic E-state index is 0.153. The molecular formula is C24H25F6N3O6. The normalized spacial score (nSPS) is 18.8. The molecule has 39 heavy (non-hydrogen) atoms. The lowest BCUT2D eigenvalue weighted by atomic mass is 10.0. The number of hydrogen-bond donors (Lipinski definition) is 2. The van der Waals surface area contributed by atoms with Gasteiger partial charge in [0.2, 0.25) is 5.91 Å². The van der Waals surface area contributed by atoms with E-state index in [9.17, 15) is 31.1 Å². The van der Waals surface area contributed by atoms with Gasteiger partial charge in [-0.25, -0.2) is 9.59 Å². The van der Waals surface area contributed by atoms with Gasteiger partial charge in [-0.15, -0.1) is 0 Å². The molecule has 1 aromatic carbocycles. The maximum Gasteiger partial charge on any atom is 0.490 e. The van der Waals surface area contributed by atoms with Crippen molar-refractivity contribution in [2.24, 2.45) is 11.8 Å². The first-order chi connectivity index (χ1) is 18.1. The molecule has 0 saturated carbocycles. The van der Waals surface area contributed by atoms with Gasteiger partial charge in [-0.3, -0.25) is 14.7 Å². The number of aromatic nitrogens is 1. The number of halogens is 6. The fraction of sp³-hybridized carbons (Fsp3) is 0.417. The molecule has 214 valence electrons. The molecule has 9 nitrogen and oxygen atoms in total. The Morgan fingerprint density at radius 3 is 1.79 bits per heavy atom. The molecule has 1 amide bonds. The molecule has 3 heterocycles. The highest BCUT2D eigenvalue weighted by Gasteiger charge is 2.45. The number of nitrogens with zero attached hydrogens (tertiary/aromatic N) is 3. The van der Waals surface area contributed by atoms with Gasteiger partial charge >= 0.3 is 24.3 Å². The third-order valence-corrected chi connectivity index (χ3v) is 5.77. The Labute approximate surface area is 218 Å². The first-order valence-electron chi connectivity index (χ1n) is 11.2. The average Bonchev–Trinajstić information content (AvgIpc) is 3.37. The van der Waals surface area contributed by atoms with Crippen molar-refractivity contribution < 1.29 is 55.7 Å². The van der Waals surface area contributed by atoms with Crippen molar-refractivity contribution in [1.29, 1.82) is 0 Å². The Bertz CT molecular complexity index is 1090. The summed E-state index contributed by atoms with van der Waals surface area (Å²) in [5.41, 5.74) is 2.42. The van der Waals surface area contributed by atoms with Crippen LogP contribution in [0.1, 0.15) is 11.1 Å². The summed E-state index contributed by atoms with van der Waals surface area (Å²) in [6, 6.07) is 12.1. The van der Waals surface area contributed by atoms with Crippen LogP contribution in [-0.4, -0.2) is 81.9 Å². The molecule has 2 N–H and O–H groups in total. The number of alkyl halides is 6. The van der Waals surface area contributed by atoms with Gasteiger partial charge in [0, 0.05) is 51.0 Å². The topological polar surface area (TPSA) is 120 Å². The Kier molecular flexibility index (Phi) is 10.7. The highest BCUT2D eigenvalue weighted by molar-refractivity contribution is 5.82. The highest BCUT2D eigenvalue weighted by Crippen LogP contribution is 2.34. The van der Waals surface area contributed by atoms with E-state index in [0.29, 0.717) is 18.4 Å². The largest absolute Gasteiger partial charge is 0.497 e. The summed E-state index contributed by atoms with van der Waals surface area (Å²) in [6.07, 6.45) is -6.51. The molecule has 0 spiro atoms. The number of pyridine rings is 1. The van der Waals surface area contributed by atoms with Crippen molar-refractivity contribution in [3.05, 3.63) is 59.9 Å². The molecule has 15 heteroatoms. The number of hydrogen-bond acceptors (Lipinski definition) is 6. The molecule has 2 atom stereocenters. The van der Waals surface area contributed by atoms with E-state index < -0.39 is 24.3 Å². The maximum absolute atomic E-state index is 12.8. The van der Waals surface area contributed by atoms with Crippen molar-refractivity contribution in [2.75, 3.05) is 26.7 Å². The molecule has 2 fully saturated rings. The Balaban J connectivity index is 0.000000317. The van der Waals surface area contributed by atoms with Crippen molar-refractivity contribution in [3.8, 4) is 5.75 Å². The van der Waals surface area contributed by atoms with Crippen LogP contribution in [-0.2, 0) is 27.5 Å². The third kappa shape index (κ3) is 9.74. The van der Waals surface area contributed by atoms with Crippen molar-refractivity contribution >= 4 is 17.8 Å². The predicted octanol–water partition coefficient (Wildman–Crippen LogP) is 3.45. The van der Waals surface area contributed by atoms with Gasteiger partial charge in [0.05, 0.1) is 13.0 Å². The van der Waals surface area contributed by atoms with Gasteiger partial charge in [0.1, 0.15) is 5.75 Å². The van der Waals surface area contributed by atoms with Gasteiger partial charge in [0.25, 0.3) is 0 Å². The van der Waals surface area contributed by atoms with Crippen LogP contribution in [0.3, 0.4) is 0 Å². The standard InChI is InChI=1S/C20H23N3O2.2C2HF3O2/c1-25-18-4-2-15(3-5-18)11-23-13-17-12-22(14-19(17)20(23)24)10-16-6-8-21-9-7-16;2*3-2(4,5)1(6)7/h2-9,17,19H,10-14H2,1H3;2*(H,6,7)/t17-,19-;;/m0../s1. The fourth-order valence-corrected chi connectivity index (χ4v) is 4.00. The number of carboxylic acid groups (broad SMARTS) is 2. The van der Waals surface area contributed by atoms with E-state index in [1.54, 1.807) is 7.11 Å². The third-order valence-electron chi connectivity index (χ3n) is 5.77. The zero-order valence-electron chi connectivity index (χ0n) is 20.4. The summed E-state index contributed by atoms with van der Waals surface area (Å²) in [6.45, 7) is 4.33. The zero-order valence-corrected chi connectivity index (χ0v) is 20.4. The summed E-state index contributed by atoms with van der Waals surface area (Å²) >= 11 is 0. The lowest BCUT2D eigenvalue weighted by Crippen LogP contribution is -2.32. The van der Waals surface area contributed by atoms with Gasteiger partial charge in [-0.05, 0) is 35.4 Å². The summed E-state index contributed by atoms with van der Waals surface area (Å²) in [4.78, 5) is 39.0. The number of carbonyl (C=O) groups excluding carboxylic acids is 1. The van der Waals surface area contributed by atoms with E-state index >= 15 is 0 Å². The van der Waals surface area contributed by atoms with Crippen LogP contribution in [0.4, 0.5) is 26.3 Å². The van der Waals surface area contributed by atoms with Gasteiger partial charge < -0.3 is 19.8 Å². The number of aliphatic carboxylic acids is 2. The number of carboxylic acids is 2. The molecule has 2 saturated heterocycles. The summed E-state index contributed by atoms with van der Waals surface area (Å²) < 4.78 is 68.7.